The maximum Gasteiger partial charge on any atom is 0.323 e. The summed E-state index contributed by atoms with van der Waals surface area (Å²) in [5.41, 5.74) is -1.63. The van der Waals surface area contributed by atoms with Gasteiger partial charge in [-0.25, -0.2) is 4.39 Å². The molecule has 2 aliphatic heterocycles. The molecule has 0 radical (unpaired) electrons. The third-order valence-corrected chi connectivity index (χ3v) is 9.21. The number of halogens is 3. The molecular weight excluding hydrogens is 570 g/mol. The monoisotopic (exact) mass is 604 g/mol. The molecule has 3 atom stereocenters. The highest BCUT2D eigenvalue weighted by molar-refractivity contribution is 6.31. The summed E-state index contributed by atoms with van der Waals surface area (Å²) in [7, 11) is 1.28. The van der Waals surface area contributed by atoms with Crippen molar-refractivity contribution >= 4 is 46.7 Å². The highest BCUT2D eigenvalue weighted by Gasteiger charge is 2.73. The molecule has 1 N–H and O–H groups in total. The van der Waals surface area contributed by atoms with Crippen molar-refractivity contribution in [3.8, 4) is 0 Å². The number of rotatable bonds is 5. The standard InChI is InChI=1S/C31H35Cl2FN2O5/c1-29(2,3)41-23(37)13-16-36-22-17-18(32)11-12-20(22)31(28(36)39)24(19-9-8-10-21(33)25(19)34)26(27(38)40-4)35-30(31)14-6-5-7-15-30/h8-12,17,24,26,35H,5-7,13-16H2,1-4H3/t24?,26?,31-/m1/s1. The van der Waals surface area contributed by atoms with Crippen molar-refractivity contribution < 1.29 is 28.2 Å². The van der Waals surface area contributed by atoms with Crippen molar-refractivity contribution in [3.63, 3.8) is 0 Å². The lowest BCUT2D eigenvalue weighted by Gasteiger charge is -2.47. The van der Waals surface area contributed by atoms with Crippen LogP contribution in [0.1, 0.15) is 76.3 Å². The van der Waals surface area contributed by atoms with Crippen LogP contribution in [0.25, 0.3) is 0 Å². The van der Waals surface area contributed by atoms with Crippen LogP contribution in [0, 0.1) is 5.82 Å². The van der Waals surface area contributed by atoms with Gasteiger partial charge in [0.1, 0.15) is 22.9 Å². The van der Waals surface area contributed by atoms with Crippen LogP contribution >= 0.6 is 23.2 Å². The Morgan fingerprint density at radius 3 is 2.49 bits per heavy atom. The lowest BCUT2D eigenvalue weighted by molar-refractivity contribution is -0.154. The molecule has 1 saturated heterocycles. The third kappa shape index (κ3) is 4.82. The number of nitrogens with zero attached hydrogens (tertiary/aromatic N) is 1. The van der Waals surface area contributed by atoms with E-state index in [1.165, 1.54) is 13.2 Å². The minimum atomic E-state index is -1.40. The molecule has 2 spiro atoms. The molecule has 3 aliphatic rings. The minimum absolute atomic E-state index is 0.0343. The van der Waals surface area contributed by atoms with Gasteiger partial charge < -0.3 is 14.4 Å². The number of ether oxygens (including phenoxy) is 2. The highest BCUT2D eigenvalue weighted by atomic mass is 35.5. The molecule has 0 aromatic heterocycles. The Bertz CT molecular complexity index is 1390. The largest absolute Gasteiger partial charge is 0.468 e. The number of methoxy groups -OCH3 is 1. The maximum absolute atomic E-state index is 15.9. The van der Waals surface area contributed by atoms with Crippen molar-refractivity contribution in [2.75, 3.05) is 18.6 Å². The van der Waals surface area contributed by atoms with Gasteiger partial charge in [0.25, 0.3) is 0 Å². The number of anilines is 1. The summed E-state index contributed by atoms with van der Waals surface area (Å²) >= 11 is 12.7. The fraction of sp³-hybridized carbons (Fsp3) is 0.516. The maximum atomic E-state index is 15.9. The van der Waals surface area contributed by atoms with E-state index in [-0.39, 0.29) is 29.5 Å². The summed E-state index contributed by atoms with van der Waals surface area (Å²) in [6.07, 6.45) is 3.74. The van der Waals surface area contributed by atoms with Gasteiger partial charge in [-0.15, -0.1) is 0 Å². The van der Waals surface area contributed by atoms with Gasteiger partial charge in [0.2, 0.25) is 5.91 Å². The highest BCUT2D eigenvalue weighted by Crippen LogP contribution is 2.64. The van der Waals surface area contributed by atoms with Crippen LogP contribution in [0.5, 0.6) is 0 Å². The molecule has 2 aromatic rings. The van der Waals surface area contributed by atoms with E-state index in [0.29, 0.717) is 29.1 Å². The minimum Gasteiger partial charge on any atom is -0.468 e. The SMILES string of the molecule is COC(=O)C1NC2(CCCCC2)[C@@]2(C(=O)N(CCC(=O)OC(C)(C)C)c3cc(Cl)ccc32)C1c1cccc(Cl)c1F. The van der Waals surface area contributed by atoms with Crippen LogP contribution in [0.3, 0.4) is 0 Å². The predicted octanol–water partition coefficient (Wildman–Crippen LogP) is 6.08. The van der Waals surface area contributed by atoms with E-state index in [0.717, 1.165) is 19.3 Å². The first-order valence-corrected chi connectivity index (χ1v) is 14.8. The van der Waals surface area contributed by atoms with Crippen LogP contribution in [0.15, 0.2) is 36.4 Å². The summed E-state index contributed by atoms with van der Waals surface area (Å²) in [5.74, 6) is -3.02. The summed E-state index contributed by atoms with van der Waals surface area (Å²) in [6.45, 7) is 5.38. The van der Waals surface area contributed by atoms with Crippen LogP contribution in [0.2, 0.25) is 10.0 Å². The molecule has 220 valence electrons. The first-order valence-electron chi connectivity index (χ1n) is 14.0. The molecule has 2 aromatic carbocycles. The molecule has 2 unspecified atom stereocenters. The van der Waals surface area contributed by atoms with E-state index in [2.05, 4.69) is 5.32 Å². The Morgan fingerprint density at radius 2 is 1.83 bits per heavy atom. The molecular formula is C31H35Cl2FN2O5. The second-order valence-corrected chi connectivity index (χ2v) is 13.0. The average Bonchev–Trinajstić information content (AvgIpc) is 3.33. The molecule has 7 nitrogen and oxygen atoms in total. The van der Waals surface area contributed by atoms with Crippen molar-refractivity contribution in [2.45, 2.75) is 87.8 Å². The number of carbonyl (C=O) groups is 3. The van der Waals surface area contributed by atoms with Gasteiger partial charge in [-0.2, -0.15) is 0 Å². The molecule has 1 saturated carbocycles. The Hall–Kier alpha value is -2.68. The second-order valence-electron chi connectivity index (χ2n) is 12.2. The first-order chi connectivity index (χ1) is 19.4. The van der Waals surface area contributed by atoms with Gasteiger partial charge in [0, 0.05) is 28.7 Å². The molecule has 2 fully saturated rings. The normalized spacial score (nSPS) is 25.0. The van der Waals surface area contributed by atoms with E-state index < -0.39 is 46.3 Å². The zero-order chi connectivity index (χ0) is 29.7. The van der Waals surface area contributed by atoms with Crippen molar-refractivity contribution in [1.29, 1.82) is 0 Å². The molecule has 0 bridgehead atoms. The number of fused-ring (bicyclic) bond motifs is 3. The quantitative estimate of drug-likeness (QED) is 0.416. The average molecular weight is 606 g/mol. The molecule has 1 aliphatic carbocycles. The lowest BCUT2D eigenvalue weighted by Crippen LogP contribution is -2.61. The van der Waals surface area contributed by atoms with E-state index >= 15 is 9.18 Å². The number of benzene rings is 2. The van der Waals surface area contributed by atoms with Crippen LogP contribution in [0.4, 0.5) is 10.1 Å². The molecule has 5 rings (SSSR count). The van der Waals surface area contributed by atoms with Gasteiger partial charge in [-0.1, -0.05) is 60.7 Å². The summed E-state index contributed by atoms with van der Waals surface area (Å²) in [5, 5.41) is 3.84. The van der Waals surface area contributed by atoms with E-state index in [1.54, 1.807) is 56.0 Å². The van der Waals surface area contributed by atoms with Gasteiger partial charge >= 0.3 is 11.9 Å². The number of amides is 1. The van der Waals surface area contributed by atoms with Crippen LogP contribution in [-0.2, 0) is 29.3 Å². The molecule has 41 heavy (non-hydrogen) atoms. The van der Waals surface area contributed by atoms with Gasteiger partial charge in [0.15, 0.2) is 0 Å². The van der Waals surface area contributed by atoms with Gasteiger partial charge in [0.05, 0.1) is 18.6 Å². The zero-order valence-electron chi connectivity index (χ0n) is 23.7. The Kier molecular flexibility index (Phi) is 7.90. The van der Waals surface area contributed by atoms with Crippen molar-refractivity contribution in [2.24, 2.45) is 0 Å². The first kappa shape index (κ1) is 29.8. The number of hydrogen-bond donors (Lipinski definition) is 1. The lowest BCUT2D eigenvalue weighted by atomic mass is 9.55. The molecule has 2 heterocycles. The number of hydrogen-bond acceptors (Lipinski definition) is 6. The smallest absolute Gasteiger partial charge is 0.323 e. The number of nitrogens with one attached hydrogen (secondary N) is 1. The van der Waals surface area contributed by atoms with E-state index in [1.807, 2.05) is 0 Å². The van der Waals surface area contributed by atoms with Crippen molar-refractivity contribution in [3.05, 3.63) is 63.4 Å². The Morgan fingerprint density at radius 1 is 1.12 bits per heavy atom. The predicted molar refractivity (Wildman–Crippen MR) is 155 cm³/mol. The zero-order valence-corrected chi connectivity index (χ0v) is 25.2. The van der Waals surface area contributed by atoms with Crippen LogP contribution < -0.4 is 10.2 Å². The Labute approximate surface area is 249 Å². The second kappa shape index (κ2) is 10.9. The Balaban J connectivity index is 1.74. The summed E-state index contributed by atoms with van der Waals surface area (Å²) in [6, 6.07) is 8.83. The van der Waals surface area contributed by atoms with Gasteiger partial charge in [-0.3, -0.25) is 19.7 Å². The topological polar surface area (TPSA) is 84.9 Å². The van der Waals surface area contributed by atoms with E-state index in [9.17, 15) is 9.59 Å². The third-order valence-electron chi connectivity index (χ3n) is 8.68. The van der Waals surface area contributed by atoms with Crippen LogP contribution in [-0.4, -0.2) is 48.7 Å². The van der Waals surface area contributed by atoms with Crippen molar-refractivity contribution in [1.82, 2.24) is 5.32 Å². The fourth-order valence-electron chi connectivity index (χ4n) is 7.31. The van der Waals surface area contributed by atoms with Gasteiger partial charge in [-0.05, 0) is 62.9 Å². The fourth-order valence-corrected chi connectivity index (χ4v) is 7.66. The number of carbonyl (C=O) groups excluding carboxylic acids is 3. The number of esters is 2. The summed E-state index contributed by atoms with van der Waals surface area (Å²) < 4.78 is 26.7. The molecule has 1 amide bonds. The summed E-state index contributed by atoms with van der Waals surface area (Å²) in [4.78, 5) is 42.8. The molecule has 10 heteroatoms. The van der Waals surface area contributed by atoms with E-state index in [4.69, 9.17) is 32.7 Å².